The van der Waals surface area contributed by atoms with E-state index < -0.39 is 11.9 Å². The van der Waals surface area contributed by atoms with Gasteiger partial charge in [0, 0.05) is 17.8 Å². The molecule has 5 rings (SSSR count). The van der Waals surface area contributed by atoms with Crippen molar-refractivity contribution in [2.45, 2.75) is 38.7 Å². The highest BCUT2D eigenvalue weighted by molar-refractivity contribution is 5.99. The van der Waals surface area contributed by atoms with Crippen LogP contribution in [0.2, 0.25) is 0 Å². The third kappa shape index (κ3) is 4.65. The van der Waals surface area contributed by atoms with Gasteiger partial charge in [-0.25, -0.2) is 0 Å². The number of nitrogens with zero attached hydrogens (tertiary/aromatic N) is 3. The molecule has 0 radical (unpaired) electrons. The molecule has 2 aromatic carbocycles. The maximum absolute atomic E-state index is 13.5. The first-order valence-electron chi connectivity index (χ1n) is 12.2. The fourth-order valence-electron chi connectivity index (χ4n) is 5.12. The fraction of sp³-hybridized carbons (Fsp3) is 0.407. The van der Waals surface area contributed by atoms with E-state index in [4.69, 9.17) is 18.7 Å². The summed E-state index contributed by atoms with van der Waals surface area (Å²) < 4.78 is 21.4. The molecule has 9 heteroatoms. The third-order valence-electron chi connectivity index (χ3n) is 6.99. The molecule has 1 saturated carbocycles. The summed E-state index contributed by atoms with van der Waals surface area (Å²) in [6.45, 7) is 0.500. The number of hydrogen-bond donors (Lipinski definition) is 0. The Morgan fingerprint density at radius 1 is 1.03 bits per heavy atom. The first-order valence-corrected chi connectivity index (χ1v) is 12.2. The molecule has 36 heavy (non-hydrogen) atoms. The van der Waals surface area contributed by atoms with E-state index in [9.17, 15) is 9.59 Å². The van der Waals surface area contributed by atoms with E-state index in [1.807, 2.05) is 23.1 Å². The number of rotatable bonds is 7. The number of benzene rings is 2. The Balaban J connectivity index is 1.24. The van der Waals surface area contributed by atoms with Crippen LogP contribution in [0.1, 0.15) is 37.1 Å². The van der Waals surface area contributed by atoms with Crippen LogP contribution in [0.3, 0.4) is 0 Å². The molecule has 2 atom stereocenters. The Hall–Kier alpha value is -3.88. The molecule has 9 nitrogen and oxygen atoms in total. The summed E-state index contributed by atoms with van der Waals surface area (Å²) in [5.41, 5.74) is 2.80. The first kappa shape index (κ1) is 23.8. The van der Waals surface area contributed by atoms with Crippen LogP contribution in [0.5, 0.6) is 11.5 Å². The molecule has 1 amide bonds. The van der Waals surface area contributed by atoms with Crippen molar-refractivity contribution in [3.05, 3.63) is 53.9 Å². The number of para-hydroxylation sites is 1. The Kier molecular flexibility index (Phi) is 6.88. The van der Waals surface area contributed by atoms with Gasteiger partial charge in [0.05, 0.1) is 26.1 Å². The van der Waals surface area contributed by atoms with E-state index in [1.165, 1.54) is 5.56 Å². The smallest absolute Gasteiger partial charge is 0.310 e. The number of methoxy groups -OCH3 is 2. The van der Waals surface area contributed by atoms with Gasteiger partial charge in [0.1, 0.15) is 0 Å². The molecule has 3 aromatic rings. The van der Waals surface area contributed by atoms with Crippen molar-refractivity contribution < 1.29 is 28.3 Å². The average molecular weight is 492 g/mol. The Morgan fingerprint density at radius 2 is 1.81 bits per heavy atom. The van der Waals surface area contributed by atoms with Crippen molar-refractivity contribution in [3.63, 3.8) is 0 Å². The van der Waals surface area contributed by atoms with Crippen LogP contribution in [-0.2, 0) is 27.4 Å². The van der Waals surface area contributed by atoms with Gasteiger partial charge < -0.3 is 23.6 Å². The lowest BCUT2D eigenvalue weighted by Crippen LogP contribution is -2.42. The lowest BCUT2D eigenvalue weighted by Gasteiger charge is -2.32. The number of carbonyl (C=O) groups is 2. The molecule has 188 valence electrons. The summed E-state index contributed by atoms with van der Waals surface area (Å²) in [5.74, 6) is 0.409. The zero-order valence-corrected chi connectivity index (χ0v) is 20.4. The molecule has 2 unspecified atom stereocenters. The van der Waals surface area contributed by atoms with Gasteiger partial charge in [-0.1, -0.05) is 36.2 Å². The molecular formula is C27H29N3O6. The number of hydrogen-bond acceptors (Lipinski definition) is 8. The SMILES string of the molecule is COc1ccc(-c2noc(COC(=O)C3CCCCC3C(=O)N3CCc4ccccc43)n2)cc1OC. The van der Waals surface area contributed by atoms with Crippen molar-refractivity contribution in [2.24, 2.45) is 11.8 Å². The van der Waals surface area contributed by atoms with Gasteiger partial charge in [0.2, 0.25) is 11.7 Å². The minimum atomic E-state index is -0.479. The molecule has 0 spiro atoms. The molecule has 1 aliphatic heterocycles. The summed E-state index contributed by atoms with van der Waals surface area (Å²) in [6, 6.07) is 13.2. The highest BCUT2D eigenvalue weighted by Crippen LogP contribution is 2.36. The van der Waals surface area contributed by atoms with E-state index in [-0.39, 0.29) is 24.3 Å². The second kappa shape index (κ2) is 10.4. The largest absolute Gasteiger partial charge is 0.493 e. The lowest BCUT2D eigenvalue weighted by molar-refractivity contribution is -0.156. The lowest BCUT2D eigenvalue weighted by atomic mass is 9.78. The molecule has 1 aliphatic carbocycles. The second-order valence-electron chi connectivity index (χ2n) is 9.06. The van der Waals surface area contributed by atoms with Crippen LogP contribution in [0.4, 0.5) is 5.69 Å². The number of carbonyl (C=O) groups excluding carboxylic acids is 2. The standard InChI is InChI=1S/C27H29N3O6/c1-33-22-12-11-18(15-23(22)34-2)25-28-24(36-29-25)16-35-27(32)20-9-5-4-8-19(20)26(31)30-14-13-17-7-3-6-10-21(17)30/h3,6-7,10-12,15,19-20H,4-5,8-9,13-14,16H2,1-2H3. The highest BCUT2D eigenvalue weighted by atomic mass is 16.6. The van der Waals surface area contributed by atoms with Crippen molar-refractivity contribution in [1.82, 2.24) is 10.1 Å². The van der Waals surface area contributed by atoms with Crippen molar-refractivity contribution in [1.29, 1.82) is 0 Å². The minimum Gasteiger partial charge on any atom is -0.493 e. The van der Waals surface area contributed by atoms with Crippen LogP contribution in [0.25, 0.3) is 11.4 Å². The molecular weight excluding hydrogens is 462 g/mol. The Morgan fingerprint density at radius 3 is 2.61 bits per heavy atom. The van der Waals surface area contributed by atoms with E-state index in [0.717, 1.165) is 24.9 Å². The van der Waals surface area contributed by atoms with Crippen molar-refractivity contribution in [2.75, 3.05) is 25.7 Å². The Bertz CT molecular complexity index is 1260. The van der Waals surface area contributed by atoms with Crippen LogP contribution >= 0.6 is 0 Å². The number of aromatic nitrogens is 2. The maximum atomic E-state index is 13.5. The van der Waals surface area contributed by atoms with E-state index in [2.05, 4.69) is 16.2 Å². The molecule has 2 heterocycles. The van der Waals surface area contributed by atoms with Crippen LogP contribution in [0, 0.1) is 11.8 Å². The highest BCUT2D eigenvalue weighted by Gasteiger charge is 2.40. The number of ether oxygens (including phenoxy) is 3. The van der Waals surface area contributed by atoms with Gasteiger partial charge in [0.15, 0.2) is 18.1 Å². The summed E-state index contributed by atoms with van der Waals surface area (Å²) in [4.78, 5) is 32.7. The Labute approximate surface area is 209 Å². The zero-order chi connectivity index (χ0) is 25.1. The predicted molar refractivity (Wildman–Crippen MR) is 131 cm³/mol. The van der Waals surface area contributed by atoms with Gasteiger partial charge in [0.25, 0.3) is 5.89 Å². The quantitative estimate of drug-likeness (QED) is 0.453. The molecule has 0 saturated heterocycles. The van der Waals surface area contributed by atoms with Gasteiger partial charge in [-0.2, -0.15) is 4.98 Å². The normalized spacial score (nSPS) is 19.0. The van der Waals surface area contributed by atoms with Gasteiger partial charge in [-0.05, 0) is 49.1 Å². The minimum absolute atomic E-state index is 0.00938. The van der Waals surface area contributed by atoms with Gasteiger partial charge >= 0.3 is 5.97 Å². The zero-order valence-electron chi connectivity index (χ0n) is 20.4. The van der Waals surface area contributed by atoms with Gasteiger partial charge in [-0.3, -0.25) is 9.59 Å². The monoisotopic (exact) mass is 491 g/mol. The van der Waals surface area contributed by atoms with E-state index in [0.29, 0.717) is 42.3 Å². The summed E-state index contributed by atoms with van der Waals surface area (Å²) >= 11 is 0. The van der Waals surface area contributed by atoms with Crippen molar-refractivity contribution >= 4 is 17.6 Å². The number of amides is 1. The summed E-state index contributed by atoms with van der Waals surface area (Å²) in [7, 11) is 3.11. The number of fused-ring (bicyclic) bond motifs is 1. The van der Waals surface area contributed by atoms with E-state index >= 15 is 0 Å². The second-order valence-corrected chi connectivity index (χ2v) is 9.06. The molecule has 1 aromatic heterocycles. The van der Waals surface area contributed by atoms with Crippen LogP contribution in [0.15, 0.2) is 47.0 Å². The van der Waals surface area contributed by atoms with Gasteiger partial charge in [-0.15, -0.1) is 0 Å². The molecule has 2 aliphatic rings. The number of esters is 1. The molecule has 1 fully saturated rings. The van der Waals surface area contributed by atoms with Crippen molar-refractivity contribution in [3.8, 4) is 22.9 Å². The van der Waals surface area contributed by atoms with Crippen LogP contribution in [-0.4, -0.2) is 42.8 Å². The van der Waals surface area contributed by atoms with Crippen LogP contribution < -0.4 is 14.4 Å². The third-order valence-corrected chi connectivity index (χ3v) is 6.99. The summed E-state index contributed by atoms with van der Waals surface area (Å²) in [6.07, 6.45) is 3.97. The topological polar surface area (TPSA) is 104 Å². The summed E-state index contributed by atoms with van der Waals surface area (Å²) in [5, 5.41) is 3.99. The first-order chi connectivity index (χ1) is 17.6. The molecule has 0 N–H and O–H groups in total. The van der Waals surface area contributed by atoms with E-state index in [1.54, 1.807) is 32.4 Å². The fourth-order valence-corrected chi connectivity index (χ4v) is 5.12. The number of anilines is 1. The average Bonchev–Trinajstić information content (AvgIpc) is 3.58. The maximum Gasteiger partial charge on any atom is 0.310 e. The predicted octanol–water partition coefficient (Wildman–Crippen LogP) is 4.19. The molecule has 0 bridgehead atoms.